The van der Waals surface area contributed by atoms with E-state index in [1.807, 2.05) is 59.1 Å². The first-order valence-electron chi connectivity index (χ1n) is 9.62. The molecule has 0 unspecified atom stereocenters. The molecule has 28 heavy (non-hydrogen) atoms. The number of hydrogen-bond acceptors (Lipinski definition) is 3. The maximum Gasteiger partial charge on any atom is 0.253 e. The number of likely N-dealkylation sites (tertiary alicyclic amines) is 1. The van der Waals surface area contributed by atoms with E-state index < -0.39 is 0 Å². The highest BCUT2D eigenvalue weighted by Crippen LogP contribution is 2.27. The first-order chi connectivity index (χ1) is 13.5. The van der Waals surface area contributed by atoms with Gasteiger partial charge in [-0.1, -0.05) is 6.07 Å². The molecule has 0 aliphatic carbocycles. The number of nitrogens with zero attached hydrogens (tertiary/aromatic N) is 3. The van der Waals surface area contributed by atoms with E-state index in [2.05, 4.69) is 9.97 Å². The van der Waals surface area contributed by atoms with Crippen LogP contribution in [0, 0.1) is 13.8 Å². The van der Waals surface area contributed by atoms with Gasteiger partial charge >= 0.3 is 0 Å². The van der Waals surface area contributed by atoms with Crippen LogP contribution < -0.4 is 5.56 Å². The molecule has 0 atom stereocenters. The van der Waals surface area contributed by atoms with Gasteiger partial charge < -0.3 is 14.5 Å². The Hall–Kier alpha value is -3.15. The van der Waals surface area contributed by atoms with E-state index in [1.165, 1.54) is 0 Å². The SMILES string of the molecule is Cc1nc(C2CCN(C(=O)c3ccc(C)c(-n4cccc4)c3)CC2)cc(=O)[nH]1. The summed E-state index contributed by atoms with van der Waals surface area (Å²) in [5.41, 5.74) is 3.57. The van der Waals surface area contributed by atoms with Crippen molar-refractivity contribution in [3.8, 4) is 5.69 Å². The molecule has 4 rings (SSSR count). The average molecular weight is 376 g/mol. The molecule has 0 bridgehead atoms. The zero-order valence-electron chi connectivity index (χ0n) is 16.2. The summed E-state index contributed by atoms with van der Waals surface area (Å²) >= 11 is 0. The minimum absolute atomic E-state index is 0.0573. The number of amides is 1. The molecule has 1 aliphatic heterocycles. The highest BCUT2D eigenvalue weighted by atomic mass is 16.2. The Morgan fingerprint density at radius 2 is 1.82 bits per heavy atom. The molecule has 0 spiro atoms. The van der Waals surface area contributed by atoms with Gasteiger partial charge in [0, 0.05) is 48.7 Å². The number of rotatable bonds is 3. The van der Waals surface area contributed by atoms with Crippen LogP contribution >= 0.6 is 0 Å². The fourth-order valence-electron chi connectivity index (χ4n) is 3.89. The Bertz CT molecular complexity index is 1040. The van der Waals surface area contributed by atoms with Gasteiger partial charge in [0.1, 0.15) is 5.82 Å². The van der Waals surface area contributed by atoms with Crippen molar-refractivity contribution in [2.45, 2.75) is 32.6 Å². The van der Waals surface area contributed by atoms with Gasteiger partial charge in [-0.25, -0.2) is 4.98 Å². The van der Waals surface area contributed by atoms with E-state index in [0.29, 0.717) is 24.5 Å². The predicted octanol–water partition coefficient (Wildman–Crippen LogP) is 3.20. The Morgan fingerprint density at radius 1 is 1.11 bits per heavy atom. The molecule has 0 radical (unpaired) electrons. The zero-order chi connectivity index (χ0) is 19.7. The van der Waals surface area contributed by atoms with E-state index in [-0.39, 0.29) is 17.4 Å². The summed E-state index contributed by atoms with van der Waals surface area (Å²) in [7, 11) is 0. The normalized spacial score (nSPS) is 15.0. The lowest BCUT2D eigenvalue weighted by Gasteiger charge is -2.32. The maximum atomic E-state index is 13.0. The molecule has 1 saturated heterocycles. The van der Waals surface area contributed by atoms with Crippen LogP contribution in [0.4, 0.5) is 0 Å². The number of aromatic nitrogens is 3. The molecule has 0 saturated carbocycles. The number of aromatic amines is 1. The van der Waals surface area contributed by atoms with Gasteiger partial charge in [0.15, 0.2) is 0 Å². The summed E-state index contributed by atoms with van der Waals surface area (Å²) in [5.74, 6) is 0.915. The van der Waals surface area contributed by atoms with Gasteiger partial charge in [0.2, 0.25) is 0 Å². The van der Waals surface area contributed by atoms with Gasteiger partial charge in [-0.3, -0.25) is 9.59 Å². The molecule has 3 heterocycles. The van der Waals surface area contributed by atoms with E-state index >= 15 is 0 Å². The largest absolute Gasteiger partial charge is 0.339 e. The smallest absolute Gasteiger partial charge is 0.253 e. The Morgan fingerprint density at radius 3 is 2.50 bits per heavy atom. The lowest BCUT2D eigenvalue weighted by molar-refractivity contribution is 0.0712. The van der Waals surface area contributed by atoms with Gasteiger partial charge in [-0.2, -0.15) is 0 Å². The highest BCUT2D eigenvalue weighted by molar-refractivity contribution is 5.95. The first kappa shape index (κ1) is 18.2. The van der Waals surface area contributed by atoms with Crippen LogP contribution in [0.5, 0.6) is 0 Å². The minimum atomic E-state index is -0.113. The van der Waals surface area contributed by atoms with Crippen LogP contribution in [0.25, 0.3) is 5.69 Å². The molecule has 6 nitrogen and oxygen atoms in total. The van der Waals surface area contributed by atoms with E-state index in [0.717, 1.165) is 29.8 Å². The molecule has 144 valence electrons. The summed E-state index contributed by atoms with van der Waals surface area (Å²) in [4.78, 5) is 33.8. The van der Waals surface area contributed by atoms with Crippen LogP contribution in [-0.2, 0) is 0 Å². The number of piperidine rings is 1. The minimum Gasteiger partial charge on any atom is -0.339 e. The van der Waals surface area contributed by atoms with Gasteiger partial charge in [-0.05, 0) is 56.5 Å². The van der Waals surface area contributed by atoms with Crippen LogP contribution in [-0.4, -0.2) is 38.4 Å². The third kappa shape index (κ3) is 3.63. The zero-order valence-corrected chi connectivity index (χ0v) is 16.2. The summed E-state index contributed by atoms with van der Waals surface area (Å²) < 4.78 is 2.03. The van der Waals surface area contributed by atoms with Crippen molar-refractivity contribution in [2.24, 2.45) is 0 Å². The van der Waals surface area contributed by atoms with E-state index in [9.17, 15) is 9.59 Å². The number of benzene rings is 1. The van der Waals surface area contributed by atoms with Crippen molar-refractivity contribution in [1.82, 2.24) is 19.4 Å². The molecule has 1 N–H and O–H groups in total. The molecule has 1 amide bonds. The monoisotopic (exact) mass is 376 g/mol. The predicted molar refractivity (Wildman–Crippen MR) is 108 cm³/mol. The number of aryl methyl sites for hydroxylation is 2. The number of hydrogen-bond donors (Lipinski definition) is 1. The third-order valence-corrected chi connectivity index (χ3v) is 5.42. The number of nitrogens with one attached hydrogen (secondary N) is 1. The van der Waals surface area contributed by atoms with Crippen molar-refractivity contribution in [3.05, 3.63) is 81.8 Å². The lowest BCUT2D eigenvalue weighted by Crippen LogP contribution is -2.38. The van der Waals surface area contributed by atoms with Crippen molar-refractivity contribution in [1.29, 1.82) is 0 Å². The van der Waals surface area contributed by atoms with Crippen molar-refractivity contribution < 1.29 is 4.79 Å². The first-order valence-corrected chi connectivity index (χ1v) is 9.62. The van der Waals surface area contributed by atoms with E-state index in [4.69, 9.17) is 0 Å². The standard InChI is InChI=1S/C22H24N4O2/c1-15-5-6-18(13-20(15)25-9-3-4-10-25)22(28)26-11-7-17(8-12-26)19-14-21(27)24-16(2)23-19/h3-6,9-10,13-14,17H,7-8,11-12H2,1-2H3,(H,23,24,27). The Balaban J connectivity index is 1.48. The fraction of sp³-hybridized carbons (Fsp3) is 0.318. The Kier molecular flexibility index (Phi) is 4.86. The molecule has 1 aliphatic rings. The van der Waals surface area contributed by atoms with Crippen molar-refractivity contribution >= 4 is 5.91 Å². The Labute approximate surface area is 163 Å². The van der Waals surface area contributed by atoms with Crippen LogP contribution in [0.3, 0.4) is 0 Å². The fourth-order valence-corrected chi connectivity index (χ4v) is 3.89. The van der Waals surface area contributed by atoms with Crippen LogP contribution in [0.15, 0.2) is 53.6 Å². The van der Waals surface area contributed by atoms with Gasteiger partial charge in [-0.15, -0.1) is 0 Å². The molecule has 2 aromatic heterocycles. The third-order valence-electron chi connectivity index (χ3n) is 5.42. The molecular weight excluding hydrogens is 352 g/mol. The molecule has 1 aromatic carbocycles. The van der Waals surface area contributed by atoms with Crippen LogP contribution in [0.1, 0.15) is 46.2 Å². The van der Waals surface area contributed by atoms with Crippen LogP contribution in [0.2, 0.25) is 0 Å². The summed E-state index contributed by atoms with van der Waals surface area (Å²) in [5, 5.41) is 0. The second-order valence-electron chi connectivity index (χ2n) is 7.41. The van der Waals surface area contributed by atoms with E-state index in [1.54, 1.807) is 13.0 Å². The molecule has 1 fully saturated rings. The summed E-state index contributed by atoms with van der Waals surface area (Å²) in [6.07, 6.45) is 5.60. The van der Waals surface area contributed by atoms with Crippen molar-refractivity contribution in [2.75, 3.05) is 13.1 Å². The highest BCUT2D eigenvalue weighted by Gasteiger charge is 2.26. The molecular formula is C22H24N4O2. The lowest BCUT2D eigenvalue weighted by atomic mass is 9.93. The molecule has 3 aromatic rings. The quantitative estimate of drug-likeness (QED) is 0.763. The molecule has 6 heteroatoms. The summed E-state index contributed by atoms with van der Waals surface area (Å²) in [6, 6.07) is 11.4. The maximum absolute atomic E-state index is 13.0. The summed E-state index contributed by atoms with van der Waals surface area (Å²) in [6.45, 7) is 5.18. The topological polar surface area (TPSA) is 71.0 Å². The van der Waals surface area contributed by atoms with Gasteiger partial charge in [0.05, 0.1) is 5.69 Å². The average Bonchev–Trinajstić information content (AvgIpc) is 3.22. The number of carbonyl (C=O) groups excluding carboxylic acids is 1. The number of carbonyl (C=O) groups is 1. The second kappa shape index (κ2) is 7.46. The van der Waals surface area contributed by atoms with Crippen molar-refractivity contribution in [3.63, 3.8) is 0 Å². The van der Waals surface area contributed by atoms with Gasteiger partial charge in [0.25, 0.3) is 11.5 Å². The number of H-pyrrole nitrogens is 1. The second-order valence-corrected chi connectivity index (χ2v) is 7.41.